The van der Waals surface area contributed by atoms with E-state index in [2.05, 4.69) is 20.6 Å². The van der Waals surface area contributed by atoms with Gasteiger partial charge in [-0.05, 0) is 6.92 Å². The molecule has 1 rings (SSSR count). The lowest BCUT2D eigenvalue weighted by atomic mass is 10.3. The van der Waals surface area contributed by atoms with Crippen LogP contribution in [-0.2, 0) is 4.79 Å². The summed E-state index contributed by atoms with van der Waals surface area (Å²) in [6.45, 7) is 1.66. The molecule has 14 heavy (non-hydrogen) atoms. The van der Waals surface area contributed by atoms with Crippen LogP contribution < -0.4 is 10.6 Å². The minimum Gasteiger partial charge on any atom is -0.357 e. The van der Waals surface area contributed by atoms with E-state index in [-0.39, 0.29) is 11.9 Å². The smallest absolute Gasteiger partial charge is 0.242 e. The fraction of sp³-hybridized carbons (Fsp3) is 0.375. The first-order chi connectivity index (χ1) is 6.63. The molecule has 0 aliphatic heterocycles. The zero-order valence-corrected chi connectivity index (χ0v) is 7.91. The van der Waals surface area contributed by atoms with E-state index in [9.17, 15) is 9.18 Å². The fourth-order valence-corrected chi connectivity index (χ4v) is 0.863. The van der Waals surface area contributed by atoms with E-state index in [1.807, 2.05) is 0 Å². The molecule has 0 radical (unpaired) electrons. The minimum absolute atomic E-state index is 0.182. The number of amides is 1. The van der Waals surface area contributed by atoms with E-state index < -0.39 is 11.9 Å². The molecule has 6 heteroatoms. The van der Waals surface area contributed by atoms with Gasteiger partial charge < -0.3 is 10.6 Å². The number of carbonyl (C=O) groups is 1. The summed E-state index contributed by atoms with van der Waals surface area (Å²) in [5, 5.41) is 5.18. The van der Waals surface area contributed by atoms with Gasteiger partial charge in [-0.25, -0.2) is 14.4 Å². The summed E-state index contributed by atoms with van der Waals surface area (Å²) in [5.41, 5.74) is 0. The quantitative estimate of drug-likeness (QED) is 0.726. The van der Waals surface area contributed by atoms with Gasteiger partial charge in [0.25, 0.3) is 0 Å². The van der Waals surface area contributed by atoms with E-state index in [4.69, 9.17) is 0 Å². The Hall–Kier alpha value is -1.72. The molecule has 2 N–H and O–H groups in total. The van der Waals surface area contributed by atoms with E-state index in [1.165, 1.54) is 7.05 Å². The molecule has 5 nitrogen and oxygen atoms in total. The van der Waals surface area contributed by atoms with Crippen molar-refractivity contribution in [2.45, 2.75) is 13.0 Å². The predicted octanol–water partition coefficient (Wildman–Crippen LogP) is 0.162. The fourth-order valence-electron chi connectivity index (χ4n) is 0.863. The number of rotatable bonds is 3. The van der Waals surface area contributed by atoms with Crippen LogP contribution in [0.4, 0.5) is 10.3 Å². The summed E-state index contributed by atoms with van der Waals surface area (Å²) in [6, 6.07) is -0.453. The first kappa shape index (κ1) is 10.4. The molecular formula is C8H11FN4O. The third-order valence-electron chi connectivity index (χ3n) is 1.61. The number of anilines is 1. The lowest BCUT2D eigenvalue weighted by Gasteiger charge is -2.11. The highest BCUT2D eigenvalue weighted by atomic mass is 19.1. The molecule has 1 amide bonds. The van der Waals surface area contributed by atoms with Crippen molar-refractivity contribution in [3.63, 3.8) is 0 Å². The molecular weight excluding hydrogens is 187 g/mol. The number of halogens is 1. The lowest BCUT2D eigenvalue weighted by molar-refractivity contribution is -0.121. The maximum atomic E-state index is 12.4. The van der Waals surface area contributed by atoms with Crippen molar-refractivity contribution in [1.29, 1.82) is 0 Å². The topological polar surface area (TPSA) is 66.9 Å². The van der Waals surface area contributed by atoms with Gasteiger partial charge in [0.05, 0.1) is 12.4 Å². The summed E-state index contributed by atoms with van der Waals surface area (Å²) in [5.74, 6) is -0.469. The van der Waals surface area contributed by atoms with E-state index in [0.29, 0.717) is 0 Å². The molecule has 0 aliphatic carbocycles. The molecule has 0 aliphatic rings. The third-order valence-corrected chi connectivity index (χ3v) is 1.61. The van der Waals surface area contributed by atoms with Crippen molar-refractivity contribution in [2.75, 3.05) is 12.4 Å². The molecule has 0 aromatic carbocycles. The van der Waals surface area contributed by atoms with Gasteiger partial charge in [0.1, 0.15) is 6.04 Å². The van der Waals surface area contributed by atoms with Crippen molar-refractivity contribution in [3.05, 3.63) is 18.2 Å². The van der Waals surface area contributed by atoms with Crippen molar-refractivity contribution in [1.82, 2.24) is 15.3 Å². The highest BCUT2D eigenvalue weighted by Crippen LogP contribution is 2.00. The van der Waals surface area contributed by atoms with Gasteiger partial charge in [-0.15, -0.1) is 0 Å². The Bertz CT molecular complexity index is 314. The molecule has 1 aromatic rings. The molecule has 0 saturated heterocycles. The lowest BCUT2D eigenvalue weighted by Crippen LogP contribution is -2.35. The Morgan fingerprint density at radius 2 is 2.07 bits per heavy atom. The average Bonchev–Trinajstić information content (AvgIpc) is 2.20. The van der Waals surface area contributed by atoms with Crippen molar-refractivity contribution in [2.24, 2.45) is 0 Å². The largest absolute Gasteiger partial charge is 0.357 e. The maximum absolute atomic E-state index is 12.4. The number of nitrogens with one attached hydrogen (secondary N) is 2. The Labute approximate surface area is 80.8 Å². The van der Waals surface area contributed by atoms with Crippen molar-refractivity contribution in [3.8, 4) is 0 Å². The molecule has 0 spiro atoms. The Kier molecular flexibility index (Phi) is 3.33. The SMILES string of the molecule is CNC(=O)C(C)Nc1ncc(F)cn1. The van der Waals surface area contributed by atoms with E-state index in [0.717, 1.165) is 12.4 Å². The standard InChI is InChI=1S/C8H11FN4O/c1-5(7(14)10-2)13-8-11-3-6(9)4-12-8/h3-5H,1-2H3,(H,10,14)(H,11,12,13). The average molecular weight is 198 g/mol. The van der Waals surface area contributed by atoms with Crippen LogP contribution >= 0.6 is 0 Å². The summed E-state index contributed by atoms with van der Waals surface area (Å²) < 4.78 is 12.4. The van der Waals surface area contributed by atoms with E-state index >= 15 is 0 Å². The van der Waals surface area contributed by atoms with Gasteiger partial charge in [-0.3, -0.25) is 4.79 Å². The van der Waals surface area contributed by atoms with Crippen LogP contribution in [0.1, 0.15) is 6.92 Å². The molecule has 1 aromatic heterocycles. The van der Waals surface area contributed by atoms with Crippen molar-refractivity contribution < 1.29 is 9.18 Å². The number of aromatic nitrogens is 2. The van der Waals surface area contributed by atoms with Crippen LogP contribution in [0.15, 0.2) is 12.4 Å². The predicted molar refractivity (Wildman–Crippen MR) is 49.1 cm³/mol. The monoisotopic (exact) mass is 198 g/mol. The minimum atomic E-state index is -0.511. The zero-order chi connectivity index (χ0) is 10.6. The number of carbonyl (C=O) groups excluding carboxylic acids is 1. The van der Waals surface area contributed by atoms with Crippen molar-refractivity contribution >= 4 is 11.9 Å². The number of hydrogen-bond acceptors (Lipinski definition) is 4. The summed E-state index contributed by atoms with van der Waals surface area (Å²) in [4.78, 5) is 18.4. The van der Waals surface area contributed by atoms with Gasteiger partial charge in [-0.2, -0.15) is 0 Å². The van der Waals surface area contributed by atoms with Gasteiger partial charge >= 0.3 is 0 Å². The van der Waals surface area contributed by atoms with Gasteiger partial charge in [0.15, 0.2) is 5.82 Å². The first-order valence-corrected chi connectivity index (χ1v) is 4.09. The van der Waals surface area contributed by atoms with Crippen LogP contribution in [-0.4, -0.2) is 29.0 Å². The molecule has 1 heterocycles. The number of likely N-dealkylation sites (N-methyl/N-ethyl adjacent to an activating group) is 1. The molecule has 0 bridgehead atoms. The molecule has 1 atom stereocenters. The van der Waals surface area contributed by atoms with Crippen LogP contribution in [0.5, 0.6) is 0 Å². The molecule has 76 valence electrons. The number of hydrogen-bond donors (Lipinski definition) is 2. The second kappa shape index (κ2) is 4.50. The molecule has 0 saturated carbocycles. The summed E-state index contributed by atoms with van der Waals surface area (Å²) in [7, 11) is 1.53. The molecule has 0 fully saturated rings. The van der Waals surface area contributed by atoms with Crippen LogP contribution in [0.25, 0.3) is 0 Å². The van der Waals surface area contributed by atoms with Gasteiger partial charge in [0, 0.05) is 7.05 Å². The Morgan fingerprint density at radius 1 is 1.50 bits per heavy atom. The second-order valence-corrected chi connectivity index (χ2v) is 2.71. The van der Waals surface area contributed by atoms with Crippen LogP contribution in [0, 0.1) is 5.82 Å². The highest BCUT2D eigenvalue weighted by Gasteiger charge is 2.11. The zero-order valence-electron chi connectivity index (χ0n) is 7.91. The molecule has 1 unspecified atom stereocenters. The van der Waals surface area contributed by atoms with Gasteiger partial charge in [0.2, 0.25) is 11.9 Å². The third kappa shape index (κ3) is 2.65. The van der Waals surface area contributed by atoms with E-state index in [1.54, 1.807) is 6.92 Å². The highest BCUT2D eigenvalue weighted by molar-refractivity contribution is 5.83. The summed E-state index contributed by atoms with van der Waals surface area (Å²) >= 11 is 0. The van der Waals surface area contributed by atoms with Crippen LogP contribution in [0.3, 0.4) is 0 Å². The number of nitrogens with zero attached hydrogens (tertiary/aromatic N) is 2. The van der Waals surface area contributed by atoms with Gasteiger partial charge in [-0.1, -0.05) is 0 Å². The van der Waals surface area contributed by atoms with Crippen LogP contribution in [0.2, 0.25) is 0 Å². The normalized spacial score (nSPS) is 11.9. The Balaban J connectivity index is 2.60. The maximum Gasteiger partial charge on any atom is 0.242 e. The Morgan fingerprint density at radius 3 is 2.57 bits per heavy atom. The first-order valence-electron chi connectivity index (χ1n) is 4.09. The second-order valence-electron chi connectivity index (χ2n) is 2.71. The summed E-state index contributed by atoms with van der Waals surface area (Å²) in [6.07, 6.45) is 2.07.